The summed E-state index contributed by atoms with van der Waals surface area (Å²) in [6, 6.07) is 104. The third-order valence-electron chi connectivity index (χ3n) is 16.9. The van der Waals surface area contributed by atoms with Crippen LogP contribution in [0.3, 0.4) is 0 Å². The van der Waals surface area contributed by atoms with Crippen molar-refractivity contribution in [3.63, 3.8) is 0 Å². The quantitative estimate of drug-likeness (QED) is 0.116. The third kappa shape index (κ3) is 6.58. The monoisotopic (exact) mass is 1070 g/mol. The summed E-state index contributed by atoms with van der Waals surface area (Å²) in [6.07, 6.45) is 0. The van der Waals surface area contributed by atoms with Gasteiger partial charge in [0.15, 0.2) is 0 Å². The molecule has 0 amide bonds. The minimum absolute atomic E-state index is 0.0478. The molecule has 3 heteroatoms. The zero-order valence-corrected chi connectivity index (χ0v) is 44.6. The van der Waals surface area contributed by atoms with Crippen LogP contribution in [0.25, 0.3) is 162 Å². The maximum absolute atomic E-state index is 2.53. The van der Waals surface area contributed by atoms with E-state index in [0.717, 1.165) is 11.4 Å². The Morgan fingerprint density at radius 3 is 0.975 bits per heavy atom. The van der Waals surface area contributed by atoms with Crippen LogP contribution in [0.2, 0.25) is 0 Å². The standard InChI is InChI=1S/C76H46N2Se/c1-3-20-50(21-4-1)77-67-36-17-15-24-52(67)54-41-38-47(44-69(54)77)72-57-26-7-9-28-59(57)74(60-29-10-8-27-58(60)72)49-40-43-56-65-34-19-35-66(76(65)79-71(56)46-49)75-63-32-13-11-30-61(63)73(62-31-12-14-33-64(62)75)48-39-42-55-53-25-16-18-37-68(53)78(70(55)45-48)51-22-5-2-6-23-51/h1-46H. The number of hydrogen-bond donors (Lipinski definition) is 0. The van der Waals surface area contributed by atoms with Gasteiger partial charge in [-0.1, -0.05) is 66.7 Å². The smallest absolute Gasteiger partial charge is 0.0380 e. The van der Waals surface area contributed by atoms with Crippen molar-refractivity contribution in [1.82, 2.24) is 9.13 Å². The fourth-order valence-corrected chi connectivity index (χ4v) is 16.2. The fraction of sp³-hybridized carbons (Fsp3) is 0. The Labute approximate surface area is 461 Å². The van der Waals surface area contributed by atoms with Crippen molar-refractivity contribution in [1.29, 1.82) is 0 Å². The number of benzene rings is 14. The van der Waals surface area contributed by atoms with Gasteiger partial charge < -0.3 is 0 Å². The Morgan fingerprint density at radius 1 is 0.215 bits per heavy atom. The predicted molar refractivity (Wildman–Crippen MR) is 339 cm³/mol. The molecule has 2 nitrogen and oxygen atoms in total. The van der Waals surface area contributed by atoms with E-state index in [2.05, 4.69) is 288 Å². The van der Waals surface area contributed by atoms with Gasteiger partial charge in [-0.3, -0.25) is 0 Å². The molecule has 3 heterocycles. The Hall–Kier alpha value is -9.76. The van der Waals surface area contributed by atoms with Crippen molar-refractivity contribution in [3.8, 4) is 55.9 Å². The van der Waals surface area contributed by atoms with Crippen LogP contribution >= 0.6 is 0 Å². The van der Waals surface area contributed by atoms with Crippen LogP contribution in [0.4, 0.5) is 0 Å². The molecule has 0 bridgehead atoms. The first-order chi connectivity index (χ1) is 39.2. The molecule has 17 aromatic rings. The van der Waals surface area contributed by atoms with Crippen LogP contribution in [-0.2, 0) is 0 Å². The minimum Gasteiger partial charge on any atom is -0.0602 e. The zero-order chi connectivity index (χ0) is 51.7. The van der Waals surface area contributed by atoms with Gasteiger partial charge in [-0.05, 0) is 18.2 Å². The molecule has 0 saturated carbocycles. The Kier molecular flexibility index (Phi) is 9.76. The van der Waals surface area contributed by atoms with E-state index in [0.29, 0.717) is 0 Å². The number of para-hydroxylation sites is 4. The van der Waals surface area contributed by atoms with E-state index in [9.17, 15) is 0 Å². The van der Waals surface area contributed by atoms with Crippen molar-refractivity contribution in [3.05, 3.63) is 279 Å². The van der Waals surface area contributed by atoms with E-state index in [-0.39, 0.29) is 14.5 Å². The van der Waals surface area contributed by atoms with Crippen LogP contribution < -0.4 is 0 Å². The Bertz CT molecular complexity index is 5250. The molecule has 366 valence electrons. The van der Waals surface area contributed by atoms with Crippen LogP contribution in [0.1, 0.15) is 0 Å². The first kappa shape index (κ1) is 44.4. The van der Waals surface area contributed by atoms with E-state index < -0.39 is 0 Å². The zero-order valence-electron chi connectivity index (χ0n) is 42.9. The largest absolute Gasteiger partial charge is 0.0602 e. The van der Waals surface area contributed by atoms with Gasteiger partial charge in [0.1, 0.15) is 0 Å². The SMILES string of the molecule is c1ccc(-n2c3ccccc3c3ccc(-c4c5ccccc5c(-c5ccc6c(c5)[se]c5c(-c7c8ccccc8c(-c8ccc9c%10ccccc%10n(-c%10ccccc%10)c9c8)c8ccccc78)cccc56)c5ccccc45)cc32)cc1. The van der Waals surface area contributed by atoms with Gasteiger partial charge in [-0.25, -0.2) is 0 Å². The van der Waals surface area contributed by atoms with Crippen LogP contribution in [0, 0.1) is 0 Å². The summed E-state index contributed by atoms with van der Waals surface area (Å²) in [6.45, 7) is 0. The molecular formula is C76H46N2Se. The summed E-state index contributed by atoms with van der Waals surface area (Å²) in [5, 5.41) is 17.9. The first-order valence-electron chi connectivity index (χ1n) is 27.2. The second-order valence-electron chi connectivity index (χ2n) is 21.0. The summed E-state index contributed by atoms with van der Waals surface area (Å²) in [5.41, 5.74) is 17.3. The molecule has 3 aromatic heterocycles. The van der Waals surface area contributed by atoms with Crippen LogP contribution in [-0.4, -0.2) is 23.6 Å². The summed E-state index contributed by atoms with van der Waals surface area (Å²) >= 11 is 0.0478. The number of rotatable bonds is 6. The van der Waals surface area contributed by atoms with Gasteiger partial charge >= 0.3 is 380 Å². The van der Waals surface area contributed by atoms with Crippen molar-refractivity contribution < 1.29 is 0 Å². The van der Waals surface area contributed by atoms with Crippen molar-refractivity contribution in [2.75, 3.05) is 0 Å². The molecule has 0 atom stereocenters. The second-order valence-corrected chi connectivity index (χ2v) is 23.2. The van der Waals surface area contributed by atoms with E-state index in [1.54, 1.807) is 0 Å². The molecule has 0 aliphatic rings. The van der Waals surface area contributed by atoms with E-state index >= 15 is 0 Å². The van der Waals surface area contributed by atoms with E-state index in [4.69, 9.17) is 0 Å². The molecule has 0 fully saturated rings. The maximum Gasteiger partial charge on any atom is -0.0380 e. The van der Waals surface area contributed by atoms with Gasteiger partial charge in [-0.2, -0.15) is 0 Å². The Balaban J connectivity index is 0.846. The molecule has 0 N–H and O–H groups in total. The van der Waals surface area contributed by atoms with Gasteiger partial charge in [0, 0.05) is 0 Å². The summed E-state index contributed by atoms with van der Waals surface area (Å²) in [7, 11) is 0. The molecular weight excluding hydrogens is 1020 g/mol. The van der Waals surface area contributed by atoms with Gasteiger partial charge in [0.05, 0.1) is 0 Å². The number of fused-ring (bicyclic) bond motifs is 13. The molecule has 0 unspecified atom stereocenters. The van der Waals surface area contributed by atoms with Crippen molar-refractivity contribution in [2.24, 2.45) is 0 Å². The predicted octanol–water partition coefficient (Wildman–Crippen LogP) is 20.5. The van der Waals surface area contributed by atoms with Crippen molar-refractivity contribution >= 4 is 120 Å². The van der Waals surface area contributed by atoms with Crippen LogP contribution in [0.15, 0.2) is 279 Å². The molecule has 0 aliphatic carbocycles. The number of aromatic nitrogens is 2. The molecule has 0 aliphatic heterocycles. The summed E-state index contributed by atoms with van der Waals surface area (Å²) < 4.78 is 7.74. The topological polar surface area (TPSA) is 9.86 Å². The normalized spacial score (nSPS) is 12.1. The number of hydrogen-bond acceptors (Lipinski definition) is 0. The van der Waals surface area contributed by atoms with Gasteiger partial charge in [-0.15, -0.1) is 0 Å². The van der Waals surface area contributed by atoms with Gasteiger partial charge in [0.25, 0.3) is 0 Å². The molecule has 0 saturated heterocycles. The average Bonchev–Trinajstić information content (AvgIpc) is 4.37. The molecule has 0 radical (unpaired) electrons. The van der Waals surface area contributed by atoms with E-state index in [1.807, 2.05) is 0 Å². The Morgan fingerprint density at radius 2 is 0.544 bits per heavy atom. The first-order valence-corrected chi connectivity index (χ1v) is 29.0. The van der Waals surface area contributed by atoms with Crippen molar-refractivity contribution in [2.45, 2.75) is 0 Å². The fourth-order valence-electron chi connectivity index (χ4n) is 13.6. The molecule has 14 aromatic carbocycles. The summed E-state index contributed by atoms with van der Waals surface area (Å²) in [5.74, 6) is 0. The molecule has 17 rings (SSSR count). The van der Waals surface area contributed by atoms with Gasteiger partial charge in [0.2, 0.25) is 0 Å². The second kappa shape index (κ2) is 17.4. The van der Waals surface area contributed by atoms with Crippen LogP contribution in [0.5, 0.6) is 0 Å². The third-order valence-corrected chi connectivity index (χ3v) is 19.4. The summed E-state index contributed by atoms with van der Waals surface area (Å²) in [4.78, 5) is 0. The average molecular weight is 1070 g/mol. The maximum atomic E-state index is 2.53. The minimum atomic E-state index is 0.0478. The molecule has 0 spiro atoms. The molecule has 79 heavy (non-hydrogen) atoms. The number of nitrogens with zero attached hydrogens (tertiary/aromatic N) is 2. The van der Waals surface area contributed by atoms with E-state index in [1.165, 1.54) is 151 Å².